The molecule has 10 nitrogen and oxygen atoms in total. The summed E-state index contributed by atoms with van der Waals surface area (Å²) in [6.07, 6.45) is 3.33. The summed E-state index contributed by atoms with van der Waals surface area (Å²) in [5, 5.41) is 9.56. The summed E-state index contributed by atoms with van der Waals surface area (Å²) >= 11 is 0. The number of pyridine rings is 1. The van der Waals surface area contributed by atoms with Crippen molar-refractivity contribution in [2.75, 3.05) is 14.2 Å². The van der Waals surface area contributed by atoms with E-state index in [0.29, 0.717) is 40.4 Å². The molecule has 0 N–H and O–H groups in total. The first-order chi connectivity index (χ1) is 19.2. The largest absolute Gasteiger partial charge is 0.493 e. The molecule has 2 aromatic carbocycles. The molecule has 0 saturated heterocycles. The van der Waals surface area contributed by atoms with E-state index in [1.54, 1.807) is 31.3 Å². The number of ether oxygens (including phenoxy) is 3. The number of aryl methyl sites for hydroxylation is 1. The molecule has 0 spiro atoms. The van der Waals surface area contributed by atoms with Crippen molar-refractivity contribution in [1.29, 1.82) is 0 Å². The lowest BCUT2D eigenvalue weighted by Gasteiger charge is -2.26. The summed E-state index contributed by atoms with van der Waals surface area (Å²) in [7, 11) is 3.25. The predicted octanol–water partition coefficient (Wildman–Crippen LogP) is 4.98. The van der Waals surface area contributed by atoms with E-state index in [0.717, 1.165) is 28.1 Å². The number of fused-ring (bicyclic) bond motifs is 4. The average molecular weight is 518 g/mol. The van der Waals surface area contributed by atoms with Crippen LogP contribution in [0.4, 0.5) is 0 Å². The second-order valence-electron chi connectivity index (χ2n) is 9.08. The Balaban J connectivity index is 1.50. The summed E-state index contributed by atoms with van der Waals surface area (Å²) in [6.45, 7) is 1.98. The maximum absolute atomic E-state index is 6.50. The lowest BCUT2D eigenvalue weighted by Crippen LogP contribution is -2.16. The van der Waals surface area contributed by atoms with Crippen LogP contribution in [0.2, 0.25) is 0 Å². The van der Waals surface area contributed by atoms with Crippen LogP contribution in [0.3, 0.4) is 0 Å². The van der Waals surface area contributed by atoms with Crippen LogP contribution in [-0.2, 0) is 0 Å². The van der Waals surface area contributed by atoms with E-state index in [2.05, 4.69) is 15.1 Å². The van der Waals surface area contributed by atoms with Crippen molar-refractivity contribution in [2.45, 2.75) is 12.8 Å². The average Bonchev–Trinajstić information content (AvgIpc) is 3.58. The first-order valence-corrected chi connectivity index (χ1v) is 12.4. The lowest BCUT2D eigenvalue weighted by atomic mass is 9.84. The Morgan fingerprint density at radius 3 is 2.44 bits per heavy atom. The number of hydrogen-bond donors (Lipinski definition) is 0. The molecule has 39 heavy (non-hydrogen) atoms. The molecule has 0 amide bonds. The van der Waals surface area contributed by atoms with Crippen LogP contribution in [0.25, 0.3) is 22.9 Å². The Morgan fingerprint density at radius 2 is 1.67 bits per heavy atom. The number of para-hydroxylation sites is 1. The van der Waals surface area contributed by atoms with E-state index in [1.807, 2.05) is 78.3 Å². The van der Waals surface area contributed by atoms with Gasteiger partial charge in [-0.15, -0.1) is 5.10 Å². The quantitative estimate of drug-likeness (QED) is 0.315. The second-order valence-corrected chi connectivity index (χ2v) is 9.08. The fraction of sp³-hybridized carbons (Fsp3) is 0.138. The molecule has 0 saturated carbocycles. The van der Waals surface area contributed by atoms with Gasteiger partial charge < -0.3 is 14.2 Å². The van der Waals surface area contributed by atoms with Gasteiger partial charge in [0.15, 0.2) is 17.1 Å². The number of benzene rings is 2. The van der Waals surface area contributed by atoms with Crippen LogP contribution >= 0.6 is 0 Å². The first-order valence-electron chi connectivity index (χ1n) is 12.4. The van der Waals surface area contributed by atoms with Gasteiger partial charge in [-0.25, -0.2) is 19.2 Å². The number of nitrogens with zero attached hydrogens (tertiary/aromatic N) is 7. The van der Waals surface area contributed by atoms with Gasteiger partial charge in [0.05, 0.1) is 42.6 Å². The Morgan fingerprint density at radius 1 is 0.846 bits per heavy atom. The Labute approximate surface area is 223 Å². The van der Waals surface area contributed by atoms with Gasteiger partial charge in [0.2, 0.25) is 17.6 Å². The maximum atomic E-state index is 6.50. The van der Waals surface area contributed by atoms with Gasteiger partial charge in [0.25, 0.3) is 0 Å². The number of aromatic nitrogens is 7. The monoisotopic (exact) mass is 517 g/mol. The van der Waals surface area contributed by atoms with E-state index in [-0.39, 0.29) is 5.92 Å². The highest BCUT2D eigenvalue weighted by Crippen LogP contribution is 2.50. The van der Waals surface area contributed by atoms with E-state index in [9.17, 15) is 0 Å². The van der Waals surface area contributed by atoms with Crippen molar-refractivity contribution in [2.24, 2.45) is 0 Å². The van der Waals surface area contributed by atoms with Crippen LogP contribution in [0.1, 0.15) is 28.3 Å². The SMILES string of the molecule is COc1ccc([C@H]2c3c(C)nn(-c4ccccc4)c3Oc3ncn4nc(-c5ccccn5)nc4c32)cc1OC. The zero-order valence-electron chi connectivity index (χ0n) is 21.4. The summed E-state index contributed by atoms with van der Waals surface area (Å²) in [4.78, 5) is 14.0. The zero-order valence-corrected chi connectivity index (χ0v) is 21.4. The van der Waals surface area contributed by atoms with Gasteiger partial charge in [-0.2, -0.15) is 5.10 Å². The summed E-state index contributed by atoms with van der Waals surface area (Å²) in [5.74, 6) is 2.48. The third kappa shape index (κ3) is 3.60. The molecule has 1 aliphatic heterocycles. The molecular formula is C29H23N7O3. The zero-order chi connectivity index (χ0) is 26.5. The van der Waals surface area contributed by atoms with E-state index in [4.69, 9.17) is 24.3 Å². The molecule has 1 atom stereocenters. The third-order valence-corrected chi connectivity index (χ3v) is 6.86. The van der Waals surface area contributed by atoms with Gasteiger partial charge in [-0.3, -0.25) is 4.98 Å². The predicted molar refractivity (Wildman–Crippen MR) is 143 cm³/mol. The molecule has 7 rings (SSSR count). The molecule has 4 aromatic heterocycles. The van der Waals surface area contributed by atoms with E-state index >= 15 is 0 Å². The van der Waals surface area contributed by atoms with Crippen LogP contribution in [0, 0.1) is 6.92 Å². The van der Waals surface area contributed by atoms with Crippen LogP contribution in [-0.4, -0.2) is 48.6 Å². The minimum atomic E-state index is -0.321. The maximum Gasteiger partial charge on any atom is 0.230 e. The lowest BCUT2D eigenvalue weighted by molar-refractivity contribution is 0.354. The fourth-order valence-corrected chi connectivity index (χ4v) is 5.09. The van der Waals surface area contributed by atoms with Crippen LogP contribution in [0.5, 0.6) is 23.3 Å². The van der Waals surface area contributed by atoms with Crippen molar-refractivity contribution in [3.63, 3.8) is 0 Å². The molecule has 0 bridgehead atoms. The first kappa shape index (κ1) is 22.9. The second kappa shape index (κ2) is 8.95. The summed E-state index contributed by atoms with van der Waals surface area (Å²) in [5.41, 5.74) is 5.65. The number of hydrogen-bond acceptors (Lipinski definition) is 8. The highest BCUT2D eigenvalue weighted by atomic mass is 16.5. The molecule has 0 unspecified atom stereocenters. The molecule has 0 fully saturated rings. The van der Waals surface area contributed by atoms with Crippen molar-refractivity contribution < 1.29 is 14.2 Å². The highest BCUT2D eigenvalue weighted by Gasteiger charge is 2.38. The number of rotatable bonds is 5. The Bertz CT molecular complexity index is 1830. The molecule has 10 heteroatoms. The van der Waals surface area contributed by atoms with Crippen molar-refractivity contribution in [3.8, 4) is 40.5 Å². The van der Waals surface area contributed by atoms with Crippen molar-refractivity contribution in [3.05, 3.63) is 102 Å². The molecular weight excluding hydrogens is 494 g/mol. The Kier molecular flexibility index (Phi) is 5.25. The fourth-order valence-electron chi connectivity index (χ4n) is 5.09. The van der Waals surface area contributed by atoms with E-state index in [1.165, 1.54) is 0 Å². The van der Waals surface area contributed by atoms with Gasteiger partial charge >= 0.3 is 0 Å². The summed E-state index contributed by atoms with van der Waals surface area (Å²) < 4.78 is 21.2. The number of methoxy groups -OCH3 is 2. The molecule has 6 aromatic rings. The molecule has 0 aliphatic carbocycles. The molecule has 0 radical (unpaired) electrons. The third-order valence-electron chi connectivity index (χ3n) is 6.86. The van der Waals surface area contributed by atoms with Crippen LogP contribution in [0.15, 0.2) is 79.3 Å². The van der Waals surface area contributed by atoms with Gasteiger partial charge in [-0.05, 0) is 48.9 Å². The minimum Gasteiger partial charge on any atom is -0.493 e. The smallest absolute Gasteiger partial charge is 0.230 e. The van der Waals surface area contributed by atoms with Gasteiger partial charge in [0, 0.05) is 6.20 Å². The molecule has 5 heterocycles. The van der Waals surface area contributed by atoms with Gasteiger partial charge in [0.1, 0.15) is 12.0 Å². The topological polar surface area (TPSA) is 101 Å². The van der Waals surface area contributed by atoms with Crippen LogP contribution < -0.4 is 14.2 Å². The van der Waals surface area contributed by atoms with Crippen molar-refractivity contribution >= 4 is 5.65 Å². The van der Waals surface area contributed by atoms with Crippen molar-refractivity contribution in [1.82, 2.24) is 34.3 Å². The van der Waals surface area contributed by atoms with E-state index < -0.39 is 0 Å². The van der Waals surface area contributed by atoms with Gasteiger partial charge in [-0.1, -0.05) is 30.3 Å². The Hall–Kier alpha value is -5.25. The normalized spacial score (nSPS) is 14.0. The standard InChI is InChI=1S/C29H23N7O3/c1-17-23-24(18-12-13-21(37-2)22(15-18)38-3)25-27-32-26(20-11-7-8-14-30-20)34-35(27)16-31-28(25)39-29(23)36(33-17)19-9-5-4-6-10-19/h4-16,24H,1-3H3/t24-/m0/s1. The molecule has 1 aliphatic rings. The minimum absolute atomic E-state index is 0.321. The molecule has 192 valence electrons. The summed E-state index contributed by atoms with van der Waals surface area (Å²) in [6, 6.07) is 21.4. The highest BCUT2D eigenvalue weighted by molar-refractivity contribution is 5.68.